The highest BCUT2D eigenvalue weighted by Crippen LogP contribution is 2.27. The van der Waals surface area contributed by atoms with Crippen molar-refractivity contribution in [3.8, 4) is 5.75 Å². The molecule has 0 aliphatic heterocycles. The number of amides is 2. The number of rotatable bonds is 1. The molecule has 74 valence electrons. The molecule has 0 saturated carbocycles. The highest BCUT2D eigenvalue weighted by atomic mass is 127. The molecule has 14 heavy (non-hydrogen) atoms. The third-order valence-corrected chi connectivity index (χ3v) is 2.43. The van der Waals surface area contributed by atoms with Gasteiger partial charge in [-0.05, 0) is 34.7 Å². The number of nitrogens with zero attached hydrogens (tertiary/aromatic N) is 1. The lowest BCUT2D eigenvalue weighted by Gasteiger charge is -2.01. The summed E-state index contributed by atoms with van der Waals surface area (Å²) in [6, 6.07) is 2.27. The van der Waals surface area contributed by atoms with Crippen molar-refractivity contribution in [3.05, 3.63) is 26.3 Å². The summed E-state index contributed by atoms with van der Waals surface area (Å²) < 4.78 is 0.584. The van der Waals surface area contributed by atoms with Crippen LogP contribution in [0.4, 0.5) is 4.79 Å². The van der Waals surface area contributed by atoms with Gasteiger partial charge in [-0.2, -0.15) is 0 Å². The number of nitrogens with two attached hydrogens (primary N) is 1. The van der Waals surface area contributed by atoms with E-state index in [2.05, 4.69) is 4.99 Å². The Morgan fingerprint density at radius 3 is 2.86 bits per heavy atom. The van der Waals surface area contributed by atoms with Crippen LogP contribution in [-0.2, 0) is 0 Å². The largest absolute Gasteiger partial charge is 0.506 e. The topological polar surface area (TPSA) is 75.7 Å². The zero-order valence-electron chi connectivity index (χ0n) is 6.87. The molecule has 0 atom stereocenters. The first-order chi connectivity index (χ1) is 6.50. The van der Waals surface area contributed by atoms with Crippen LogP contribution >= 0.6 is 34.2 Å². The lowest BCUT2D eigenvalue weighted by molar-refractivity contribution is 0.257. The summed E-state index contributed by atoms with van der Waals surface area (Å²) in [5.74, 6) is 0.0278. The van der Waals surface area contributed by atoms with E-state index in [9.17, 15) is 9.90 Å². The number of aliphatic imine (C=N–C) groups is 1. The predicted molar refractivity (Wildman–Crippen MR) is 63.0 cm³/mol. The first kappa shape index (κ1) is 11.3. The lowest BCUT2D eigenvalue weighted by atomic mass is 10.2. The standard InChI is InChI=1S/C8H6ClIN2O2/c9-5-1-4(3-12-8(11)14)7(13)6(10)2-5/h1-3,13H,(H2,11,14). The maximum Gasteiger partial charge on any atom is 0.338 e. The first-order valence-corrected chi connectivity index (χ1v) is 4.98. The van der Waals surface area contributed by atoms with Crippen LogP contribution in [0.2, 0.25) is 5.02 Å². The second-order valence-corrected chi connectivity index (χ2v) is 4.02. The minimum atomic E-state index is -0.820. The molecule has 6 heteroatoms. The smallest absolute Gasteiger partial charge is 0.338 e. The summed E-state index contributed by atoms with van der Waals surface area (Å²) in [4.78, 5) is 13.7. The summed E-state index contributed by atoms with van der Waals surface area (Å²) in [7, 11) is 0. The molecule has 0 heterocycles. The van der Waals surface area contributed by atoms with Crippen molar-refractivity contribution in [1.29, 1.82) is 0 Å². The highest BCUT2D eigenvalue weighted by Gasteiger charge is 2.05. The molecule has 1 aromatic rings. The molecule has 2 amide bonds. The van der Waals surface area contributed by atoms with Gasteiger partial charge in [-0.1, -0.05) is 11.6 Å². The van der Waals surface area contributed by atoms with Crippen molar-refractivity contribution in [3.63, 3.8) is 0 Å². The van der Waals surface area contributed by atoms with E-state index in [0.717, 1.165) is 0 Å². The van der Waals surface area contributed by atoms with Crippen LogP contribution in [0, 0.1) is 3.57 Å². The molecular formula is C8H6ClIN2O2. The number of primary amides is 1. The Labute approximate surface area is 98.9 Å². The highest BCUT2D eigenvalue weighted by molar-refractivity contribution is 14.1. The van der Waals surface area contributed by atoms with Crippen molar-refractivity contribution in [1.82, 2.24) is 0 Å². The molecule has 0 aliphatic carbocycles. The Morgan fingerprint density at radius 2 is 2.29 bits per heavy atom. The molecule has 0 aromatic heterocycles. The number of phenols is 1. The third kappa shape index (κ3) is 2.85. The monoisotopic (exact) mass is 324 g/mol. The van der Waals surface area contributed by atoms with E-state index in [-0.39, 0.29) is 5.75 Å². The molecule has 0 unspecified atom stereocenters. The van der Waals surface area contributed by atoms with Crippen LogP contribution in [0.15, 0.2) is 17.1 Å². The number of phenolic OH excluding ortho intramolecular Hbond substituents is 1. The van der Waals surface area contributed by atoms with Gasteiger partial charge in [-0.15, -0.1) is 0 Å². The van der Waals surface area contributed by atoms with Crippen molar-refractivity contribution >= 4 is 46.4 Å². The van der Waals surface area contributed by atoms with E-state index < -0.39 is 6.03 Å². The predicted octanol–water partition coefficient (Wildman–Crippen LogP) is 2.15. The molecular weight excluding hydrogens is 318 g/mol. The van der Waals surface area contributed by atoms with Crippen LogP contribution < -0.4 is 5.73 Å². The van der Waals surface area contributed by atoms with Gasteiger partial charge in [0, 0.05) is 16.8 Å². The van der Waals surface area contributed by atoms with Crippen LogP contribution in [0.5, 0.6) is 5.75 Å². The summed E-state index contributed by atoms with van der Waals surface area (Å²) in [6.45, 7) is 0. The van der Waals surface area contributed by atoms with Gasteiger partial charge in [-0.25, -0.2) is 9.79 Å². The fraction of sp³-hybridized carbons (Fsp3) is 0. The van der Waals surface area contributed by atoms with E-state index in [1.54, 1.807) is 6.07 Å². The number of carbonyl (C=O) groups excluding carboxylic acids is 1. The SMILES string of the molecule is NC(=O)N=Cc1cc(Cl)cc(I)c1O. The van der Waals surface area contributed by atoms with Gasteiger partial charge in [-0.3, -0.25) is 0 Å². The number of aromatic hydroxyl groups is 1. The van der Waals surface area contributed by atoms with Gasteiger partial charge < -0.3 is 10.8 Å². The molecule has 0 bridgehead atoms. The number of hydrogen-bond donors (Lipinski definition) is 2. The Morgan fingerprint density at radius 1 is 1.64 bits per heavy atom. The Kier molecular flexibility index (Phi) is 3.70. The van der Waals surface area contributed by atoms with Gasteiger partial charge in [0.05, 0.1) is 3.57 Å². The van der Waals surface area contributed by atoms with E-state index in [1.165, 1.54) is 12.3 Å². The Hall–Kier alpha value is -0.820. The summed E-state index contributed by atoms with van der Waals surface area (Å²) in [5, 5.41) is 9.98. The molecule has 1 aromatic carbocycles. The van der Waals surface area contributed by atoms with E-state index in [4.69, 9.17) is 17.3 Å². The van der Waals surface area contributed by atoms with Crippen molar-refractivity contribution in [2.75, 3.05) is 0 Å². The van der Waals surface area contributed by atoms with E-state index >= 15 is 0 Å². The Balaban J connectivity index is 3.14. The number of benzene rings is 1. The average Bonchev–Trinajstić information content (AvgIpc) is 2.08. The van der Waals surface area contributed by atoms with E-state index in [1.807, 2.05) is 22.6 Å². The fourth-order valence-corrected chi connectivity index (χ4v) is 1.88. The van der Waals surface area contributed by atoms with Crippen LogP contribution in [0.25, 0.3) is 0 Å². The van der Waals surface area contributed by atoms with Gasteiger partial charge >= 0.3 is 6.03 Å². The molecule has 1 rings (SSSR count). The number of hydrogen-bond acceptors (Lipinski definition) is 2. The van der Waals surface area contributed by atoms with Gasteiger partial charge in [0.1, 0.15) is 5.75 Å². The normalized spacial score (nSPS) is 10.7. The van der Waals surface area contributed by atoms with Crippen molar-refractivity contribution in [2.45, 2.75) is 0 Å². The minimum Gasteiger partial charge on any atom is -0.506 e. The lowest BCUT2D eigenvalue weighted by Crippen LogP contribution is -2.04. The first-order valence-electron chi connectivity index (χ1n) is 3.52. The average molecular weight is 325 g/mol. The zero-order valence-corrected chi connectivity index (χ0v) is 9.78. The second-order valence-electron chi connectivity index (χ2n) is 2.42. The van der Waals surface area contributed by atoms with Crippen molar-refractivity contribution < 1.29 is 9.90 Å². The maximum atomic E-state index is 10.4. The van der Waals surface area contributed by atoms with Gasteiger partial charge in [0.25, 0.3) is 0 Å². The van der Waals surface area contributed by atoms with Crippen LogP contribution in [0.3, 0.4) is 0 Å². The summed E-state index contributed by atoms with van der Waals surface area (Å²) in [5.41, 5.74) is 5.17. The van der Waals surface area contributed by atoms with E-state index in [0.29, 0.717) is 14.2 Å². The van der Waals surface area contributed by atoms with Crippen LogP contribution in [-0.4, -0.2) is 17.4 Å². The molecule has 3 N–H and O–H groups in total. The quantitative estimate of drug-likeness (QED) is 0.613. The molecule has 4 nitrogen and oxygen atoms in total. The minimum absolute atomic E-state index is 0.0278. The second kappa shape index (κ2) is 4.61. The third-order valence-electron chi connectivity index (χ3n) is 1.39. The molecule has 0 saturated heterocycles. The maximum absolute atomic E-state index is 10.4. The van der Waals surface area contributed by atoms with Gasteiger partial charge in [0.2, 0.25) is 0 Å². The summed E-state index contributed by atoms with van der Waals surface area (Å²) >= 11 is 7.66. The Bertz CT molecular complexity index is 407. The zero-order chi connectivity index (χ0) is 10.7. The fourth-order valence-electron chi connectivity index (χ4n) is 0.817. The molecule has 0 spiro atoms. The number of urea groups is 1. The number of carbonyl (C=O) groups is 1. The molecule has 0 aliphatic rings. The molecule has 0 radical (unpaired) electrons. The molecule has 0 fully saturated rings. The number of halogens is 2. The van der Waals surface area contributed by atoms with Crippen LogP contribution in [0.1, 0.15) is 5.56 Å². The van der Waals surface area contributed by atoms with Gasteiger partial charge in [0.15, 0.2) is 0 Å². The van der Waals surface area contributed by atoms with Crippen molar-refractivity contribution in [2.24, 2.45) is 10.7 Å². The summed E-state index contributed by atoms with van der Waals surface area (Å²) in [6.07, 6.45) is 1.17.